The van der Waals surface area contributed by atoms with Crippen molar-refractivity contribution in [3.8, 4) is 11.5 Å². The van der Waals surface area contributed by atoms with Gasteiger partial charge in [-0.15, -0.1) is 5.21 Å². The van der Waals surface area contributed by atoms with E-state index in [1.165, 1.54) is 0 Å². The lowest BCUT2D eigenvalue weighted by molar-refractivity contribution is 0.326. The Morgan fingerprint density at radius 1 is 1.42 bits per heavy atom. The van der Waals surface area contributed by atoms with E-state index in [2.05, 4.69) is 32.5 Å². The highest BCUT2D eigenvalue weighted by atomic mass is 16.5. The summed E-state index contributed by atoms with van der Waals surface area (Å²) < 4.78 is 10.7. The molecule has 2 rings (SSSR count). The summed E-state index contributed by atoms with van der Waals surface area (Å²) in [5.41, 5.74) is 0.965. The van der Waals surface area contributed by atoms with Crippen LogP contribution in [0, 0.1) is 0 Å². The molecule has 0 bridgehead atoms. The Bertz CT molecular complexity index is 527. The number of rotatable bonds is 7. The maximum Gasteiger partial charge on any atom is 0.161 e. The molecule has 0 unspecified atom stereocenters. The van der Waals surface area contributed by atoms with E-state index >= 15 is 0 Å². The minimum absolute atomic E-state index is 0.325. The molecule has 0 saturated heterocycles. The molecular formula is C12H14N5O2-. The van der Waals surface area contributed by atoms with Gasteiger partial charge in [-0.05, 0) is 17.7 Å². The number of methoxy groups -OCH3 is 1. The average Bonchev–Trinajstić information content (AvgIpc) is 2.96. The smallest absolute Gasteiger partial charge is 0.161 e. The Balaban J connectivity index is 2.03. The molecule has 7 nitrogen and oxygen atoms in total. The summed E-state index contributed by atoms with van der Waals surface area (Å²) in [6.45, 7) is 4.48. The molecule has 0 aliphatic heterocycles. The van der Waals surface area contributed by atoms with Crippen LogP contribution in [0.2, 0.25) is 0 Å². The Labute approximate surface area is 110 Å². The predicted octanol–water partition coefficient (Wildman–Crippen LogP) is 1.98. The molecular weight excluding hydrogens is 246 g/mol. The molecule has 1 N–H and O–H groups in total. The van der Waals surface area contributed by atoms with E-state index in [1.54, 1.807) is 13.2 Å². The number of H-pyrrole nitrogens is 1. The topological polar surface area (TPSA) is 87.0 Å². The fourth-order valence-corrected chi connectivity index (χ4v) is 1.46. The summed E-state index contributed by atoms with van der Waals surface area (Å²) in [6, 6.07) is 5.61. The average molecular weight is 260 g/mol. The molecule has 1 aromatic carbocycles. The van der Waals surface area contributed by atoms with Crippen molar-refractivity contribution in [1.82, 2.24) is 20.6 Å². The Hall–Kier alpha value is -2.57. The first-order valence-electron chi connectivity index (χ1n) is 5.65. The van der Waals surface area contributed by atoms with Gasteiger partial charge in [-0.2, -0.15) is 0 Å². The Morgan fingerprint density at radius 2 is 2.32 bits per heavy atom. The van der Waals surface area contributed by atoms with Gasteiger partial charge in [0.2, 0.25) is 0 Å². The van der Waals surface area contributed by atoms with Gasteiger partial charge in [0.1, 0.15) is 6.61 Å². The highest BCUT2D eigenvalue weighted by Crippen LogP contribution is 2.29. The highest BCUT2D eigenvalue weighted by molar-refractivity contribution is 5.44. The Kier molecular flexibility index (Phi) is 4.33. The number of ether oxygens (including phenoxy) is 2. The second kappa shape index (κ2) is 6.39. The highest BCUT2D eigenvalue weighted by Gasteiger charge is 2.04. The van der Waals surface area contributed by atoms with Crippen LogP contribution in [-0.2, 0) is 6.54 Å². The number of hydrogen-bond acceptors (Lipinski definition) is 5. The molecule has 7 heteroatoms. The second-order valence-electron chi connectivity index (χ2n) is 3.61. The van der Waals surface area contributed by atoms with Gasteiger partial charge in [0, 0.05) is 6.54 Å². The molecule has 0 fully saturated rings. The molecule has 100 valence electrons. The van der Waals surface area contributed by atoms with Crippen LogP contribution in [-0.4, -0.2) is 34.3 Å². The van der Waals surface area contributed by atoms with Crippen molar-refractivity contribution in [2.24, 2.45) is 0 Å². The van der Waals surface area contributed by atoms with Gasteiger partial charge >= 0.3 is 0 Å². The summed E-state index contributed by atoms with van der Waals surface area (Å²) >= 11 is 0. The SMILES string of the molecule is C=CCOc1ccc(C[N-]c2nn[nH]n2)cc1OC. The van der Waals surface area contributed by atoms with Crippen LogP contribution < -0.4 is 9.47 Å². The van der Waals surface area contributed by atoms with Crippen molar-refractivity contribution in [3.63, 3.8) is 0 Å². The number of aromatic amines is 1. The van der Waals surface area contributed by atoms with Crippen molar-refractivity contribution >= 4 is 5.95 Å². The quantitative estimate of drug-likeness (QED) is 0.769. The van der Waals surface area contributed by atoms with E-state index in [-0.39, 0.29) is 0 Å². The first-order valence-corrected chi connectivity index (χ1v) is 5.65. The maximum atomic E-state index is 5.47. The zero-order valence-corrected chi connectivity index (χ0v) is 10.5. The predicted molar refractivity (Wildman–Crippen MR) is 69.6 cm³/mol. The minimum atomic E-state index is 0.325. The van der Waals surface area contributed by atoms with Crippen LogP contribution in [0.15, 0.2) is 30.9 Å². The monoisotopic (exact) mass is 260 g/mol. The summed E-state index contributed by atoms with van der Waals surface area (Å²) in [7, 11) is 1.59. The number of tetrazole rings is 1. The molecule has 0 aliphatic rings. The first-order chi connectivity index (χ1) is 9.33. The minimum Gasteiger partial charge on any atom is -0.493 e. The third-order valence-electron chi connectivity index (χ3n) is 2.32. The lowest BCUT2D eigenvalue weighted by Crippen LogP contribution is -1.97. The molecule has 0 saturated carbocycles. The summed E-state index contributed by atoms with van der Waals surface area (Å²) in [6.07, 6.45) is 1.68. The van der Waals surface area contributed by atoms with Gasteiger partial charge < -0.3 is 14.8 Å². The molecule has 1 heterocycles. The van der Waals surface area contributed by atoms with E-state index < -0.39 is 0 Å². The molecule has 0 aliphatic carbocycles. The van der Waals surface area contributed by atoms with Gasteiger partial charge in [0.05, 0.1) is 13.1 Å². The standard InChI is InChI=1S/C12H14N5O2/c1-3-6-19-10-5-4-9(7-11(10)18-2)8-13-12-14-16-17-15-12/h3-5,7H,1,6,8H2,2H3,(H-,13,14,15,16,17)/q-1. The van der Waals surface area contributed by atoms with Gasteiger partial charge in [-0.3, -0.25) is 15.4 Å². The molecule has 1 aromatic heterocycles. The normalized spacial score (nSPS) is 9.95. The van der Waals surface area contributed by atoms with Crippen LogP contribution in [0.1, 0.15) is 5.56 Å². The van der Waals surface area contributed by atoms with Gasteiger partial charge in [-0.25, -0.2) is 0 Å². The largest absolute Gasteiger partial charge is 0.493 e. The van der Waals surface area contributed by atoms with Crippen molar-refractivity contribution in [2.45, 2.75) is 6.54 Å². The fourth-order valence-electron chi connectivity index (χ4n) is 1.46. The van der Waals surface area contributed by atoms with Crippen molar-refractivity contribution in [1.29, 1.82) is 0 Å². The number of benzene rings is 1. The molecule has 0 spiro atoms. The summed E-state index contributed by atoms with van der Waals surface area (Å²) in [5, 5.41) is 17.5. The summed E-state index contributed by atoms with van der Waals surface area (Å²) in [5.74, 6) is 1.65. The van der Waals surface area contributed by atoms with Crippen LogP contribution in [0.5, 0.6) is 11.5 Å². The van der Waals surface area contributed by atoms with E-state index in [0.29, 0.717) is 30.6 Å². The summed E-state index contributed by atoms with van der Waals surface area (Å²) in [4.78, 5) is 0. The van der Waals surface area contributed by atoms with Gasteiger partial charge in [0.15, 0.2) is 11.5 Å². The van der Waals surface area contributed by atoms with Crippen LogP contribution >= 0.6 is 0 Å². The Morgan fingerprint density at radius 3 is 3.00 bits per heavy atom. The fraction of sp³-hybridized carbons (Fsp3) is 0.250. The zero-order valence-electron chi connectivity index (χ0n) is 10.5. The van der Waals surface area contributed by atoms with Crippen LogP contribution in [0.3, 0.4) is 0 Å². The van der Waals surface area contributed by atoms with E-state index in [0.717, 1.165) is 5.56 Å². The van der Waals surface area contributed by atoms with Gasteiger partial charge in [-0.1, -0.05) is 18.7 Å². The van der Waals surface area contributed by atoms with Crippen LogP contribution in [0.4, 0.5) is 5.95 Å². The molecule has 2 aromatic rings. The first kappa shape index (κ1) is 12.9. The number of nitrogens with one attached hydrogen (secondary N) is 1. The number of nitrogens with zero attached hydrogens (tertiary/aromatic N) is 4. The third-order valence-corrected chi connectivity index (χ3v) is 2.32. The third kappa shape index (κ3) is 3.44. The zero-order chi connectivity index (χ0) is 13.5. The molecule has 0 atom stereocenters. The van der Waals surface area contributed by atoms with E-state index in [4.69, 9.17) is 9.47 Å². The second-order valence-corrected chi connectivity index (χ2v) is 3.61. The van der Waals surface area contributed by atoms with Crippen molar-refractivity contribution in [3.05, 3.63) is 41.7 Å². The van der Waals surface area contributed by atoms with E-state index in [1.807, 2.05) is 18.2 Å². The lowest BCUT2D eigenvalue weighted by Gasteiger charge is -2.12. The van der Waals surface area contributed by atoms with E-state index in [9.17, 15) is 0 Å². The van der Waals surface area contributed by atoms with Crippen molar-refractivity contribution < 1.29 is 9.47 Å². The maximum absolute atomic E-state index is 5.47. The van der Waals surface area contributed by atoms with Crippen molar-refractivity contribution in [2.75, 3.05) is 13.7 Å². The molecule has 0 amide bonds. The van der Waals surface area contributed by atoms with Crippen LogP contribution in [0.25, 0.3) is 5.32 Å². The van der Waals surface area contributed by atoms with Gasteiger partial charge in [0.25, 0.3) is 0 Å². The molecule has 0 radical (unpaired) electrons. The number of aromatic nitrogens is 4. The lowest BCUT2D eigenvalue weighted by atomic mass is 10.2. The molecule has 19 heavy (non-hydrogen) atoms. The number of hydrogen-bond donors (Lipinski definition) is 1.